The second-order valence-corrected chi connectivity index (χ2v) is 4.49. The second kappa shape index (κ2) is 5.03. The average Bonchev–Trinajstić information content (AvgIpc) is 2.17. The van der Waals surface area contributed by atoms with E-state index in [1.807, 2.05) is 12.2 Å². The van der Waals surface area contributed by atoms with E-state index in [0.29, 0.717) is 6.42 Å². The van der Waals surface area contributed by atoms with Crippen molar-refractivity contribution in [3.8, 4) is 0 Å². The largest absolute Gasteiger partial charge is 0.405 e. The maximum absolute atomic E-state index is 11.9. The molecule has 0 bridgehead atoms. The Morgan fingerprint density at radius 2 is 2.06 bits per heavy atom. The third-order valence-electron chi connectivity index (χ3n) is 3.04. The average molecular weight is 238 g/mol. The zero-order chi connectivity index (χ0) is 12.3. The van der Waals surface area contributed by atoms with E-state index in [1.165, 1.54) is 0 Å². The number of hydrogen-bond donors (Lipinski definition) is 2. The van der Waals surface area contributed by atoms with E-state index < -0.39 is 18.6 Å². The molecule has 0 aromatic carbocycles. The summed E-state index contributed by atoms with van der Waals surface area (Å²) in [5, 5.41) is 1.92. The van der Waals surface area contributed by atoms with Gasteiger partial charge in [-0.25, -0.2) is 0 Å². The van der Waals surface area contributed by atoms with E-state index in [4.69, 9.17) is 5.73 Å². The molecule has 16 heavy (non-hydrogen) atoms. The number of halogens is 3. The van der Waals surface area contributed by atoms with Crippen LogP contribution in [0.1, 0.15) is 26.2 Å². The molecule has 94 valence electrons. The Morgan fingerprint density at radius 1 is 1.44 bits per heavy atom. The molecule has 0 heterocycles. The first-order chi connectivity index (χ1) is 7.29. The molecule has 0 aromatic heterocycles. The maximum Gasteiger partial charge on any atom is 0.405 e. The van der Waals surface area contributed by atoms with Crippen LogP contribution in [0.15, 0.2) is 0 Å². The Morgan fingerprint density at radius 3 is 2.62 bits per heavy atom. The smallest absolute Gasteiger partial charge is 0.347 e. The van der Waals surface area contributed by atoms with E-state index in [2.05, 4.69) is 0 Å². The minimum absolute atomic E-state index is 0.0714. The van der Waals surface area contributed by atoms with E-state index in [1.54, 1.807) is 0 Å². The Kier molecular flexibility index (Phi) is 4.18. The van der Waals surface area contributed by atoms with Crippen molar-refractivity contribution in [2.24, 2.45) is 17.6 Å². The maximum atomic E-state index is 11.9. The predicted molar refractivity (Wildman–Crippen MR) is 53.5 cm³/mol. The van der Waals surface area contributed by atoms with Gasteiger partial charge in [-0.2, -0.15) is 13.2 Å². The van der Waals surface area contributed by atoms with Gasteiger partial charge >= 0.3 is 6.18 Å². The van der Waals surface area contributed by atoms with Crippen molar-refractivity contribution in [2.75, 3.05) is 6.54 Å². The van der Waals surface area contributed by atoms with Crippen LogP contribution in [0.2, 0.25) is 0 Å². The van der Waals surface area contributed by atoms with Crippen LogP contribution in [0, 0.1) is 11.8 Å². The zero-order valence-corrected chi connectivity index (χ0v) is 9.18. The van der Waals surface area contributed by atoms with Gasteiger partial charge in [0.25, 0.3) is 0 Å². The first kappa shape index (κ1) is 13.3. The highest BCUT2D eigenvalue weighted by molar-refractivity contribution is 5.79. The second-order valence-electron chi connectivity index (χ2n) is 4.49. The Bertz CT molecular complexity index is 255. The van der Waals surface area contributed by atoms with Gasteiger partial charge in [-0.15, -0.1) is 0 Å². The van der Waals surface area contributed by atoms with Crippen molar-refractivity contribution in [3.05, 3.63) is 0 Å². The Hall–Kier alpha value is -0.780. The molecule has 1 saturated carbocycles. The summed E-state index contributed by atoms with van der Waals surface area (Å²) in [6.45, 7) is 0.619. The van der Waals surface area contributed by atoms with Gasteiger partial charge in [0.15, 0.2) is 0 Å². The van der Waals surface area contributed by atoms with Gasteiger partial charge < -0.3 is 11.1 Å². The summed E-state index contributed by atoms with van der Waals surface area (Å²) in [4.78, 5) is 11.5. The summed E-state index contributed by atoms with van der Waals surface area (Å²) in [5.74, 6) is -0.806. The topological polar surface area (TPSA) is 55.1 Å². The van der Waals surface area contributed by atoms with Gasteiger partial charge in [0, 0.05) is 12.0 Å². The van der Waals surface area contributed by atoms with Gasteiger partial charge in [0.2, 0.25) is 5.91 Å². The van der Waals surface area contributed by atoms with Crippen LogP contribution in [-0.4, -0.2) is 24.7 Å². The van der Waals surface area contributed by atoms with Crippen LogP contribution in [-0.2, 0) is 4.79 Å². The van der Waals surface area contributed by atoms with Crippen molar-refractivity contribution in [1.82, 2.24) is 5.32 Å². The van der Waals surface area contributed by atoms with Crippen molar-refractivity contribution in [3.63, 3.8) is 0 Å². The number of carbonyl (C=O) groups excluding carboxylic acids is 1. The monoisotopic (exact) mass is 238 g/mol. The highest BCUT2D eigenvalue weighted by Gasteiger charge is 2.34. The standard InChI is InChI=1S/C10H17F3N2O/c1-6-2-3-7(14)4-8(6)9(16)15-5-10(11,12)13/h6-8H,2-5,14H2,1H3,(H,15,16). The molecule has 1 rings (SSSR count). The van der Waals surface area contributed by atoms with Crippen LogP contribution in [0.5, 0.6) is 0 Å². The lowest BCUT2D eigenvalue weighted by molar-refractivity contribution is -0.142. The predicted octanol–water partition coefficient (Wildman–Crippen LogP) is 1.43. The first-order valence-corrected chi connectivity index (χ1v) is 5.39. The summed E-state index contributed by atoms with van der Waals surface area (Å²) in [7, 11) is 0. The first-order valence-electron chi connectivity index (χ1n) is 5.39. The molecule has 0 aliphatic heterocycles. The van der Waals surface area contributed by atoms with Crippen LogP contribution in [0.4, 0.5) is 13.2 Å². The number of amides is 1. The zero-order valence-electron chi connectivity index (χ0n) is 9.18. The molecule has 1 aliphatic carbocycles. The fourth-order valence-electron chi connectivity index (χ4n) is 2.04. The van der Waals surface area contributed by atoms with Crippen molar-refractivity contribution in [2.45, 2.75) is 38.4 Å². The Labute approximate surface area is 92.6 Å². The molecule has 1 fully saturated rings. The number of carbonyl (C=O) groups is 1. The summed E-state index contributed by atoms with van der Waals surface area (Å²) in [6, 6.07) is -0.0714. The minimum atomic E-state index is -4.35. The molecular weight excluding hydrogens is 221 g/mol. The van der Waals surface area contributed by atoms with Crippen molar-refractivity contribution in [1.29, 1.82) is 0 Å². The lowest BCUT2D eigenvalue weighted by Crippen LogP contribution is -2.44. The molecular formula is C10H17F3N2O. The minimum Gasteiger partial charge on any atom is -0.347 e. The number of rotatable bonds is 2. The van der Waals surface area contributed by atoms with Gasteiger partial charge in [0.1, 0.15) is 6.54 Å². The normalized spacial score (nSPS) is 31.2. The molecule has 3 unspecified atom stereocenters. The molecule has 3 N–H and O–H groups in total. The highest BCUT2D eigenvalue weighted by Crippen LogP contribution is 2.29. The van der Waals surface area contributed by atoms with Crippen LogP contribution >= 0.6 is 0 Å². The highest BCUT2D eigenvalue weighted by atomic mass is 19.4. The lowest BCUT2D eigenvalue weighted by Gasteiger charge is -2.31. The summed E-state index contributed by atoms with van der Waals surface area (Å²) >= 11 is 0. The number of hydrogen-bond acceptors (Lipinski definition) is 2. The quantitative estimate of drug-likeness (QED) is 0.764. The number of nitrogens with two attached hydrogens (primary N) is 1. The Balaban J connectivity index is 2.46. The molecule has 0 aromatic rings. The molecule has 3 nitrogen and oxygen atoms in total. The van der Waals surface area contributed by atoms with E-state index >= 15 is 0 Å². The van der Waals surface area contributed by atoms with Crippen molar-refractivity contribution < 1.29 is 18.0 Å². The van der Waals surface area contributed by atoms with E-state index in [9.17, 15) is 18.0 Å². The summed E-state index contributed by atoms with van der Waals surface area (Å²) in [5.41, 5.74) is 5.70. The number of alkyl halides is 3. The molecule has 0 saturated heterocycles. The summed E-state index contributed by atoms with van der Waals surface area (Å²) < 4.78 is 35.8. The molecule has 1 aliphatic rings. The van der Waals surface area contributed by atoms with Crippen LogP contribution in [0.3, 0.4) is 0 Å². The van der Waals surface area contributed by atoms with Gasteiger partial charge in [-0.1, -0.05) is 6.92 Å². The van der Waals surface area contributed by atoms with Gasteiger partial charge in [-0.05, 0) is 25.2 Å². The molecule has 0 radical (unpaired) electrons. The summed E-state index contributed by atoms with van der Waals surface area (Å²) in [6.07, 6.45) is -2.24. The molecule has 6 heteroatoms. The van der Waals surface area contributed by atoms with Crippen molar-refractivity contribution >= 4 is 5.91 Å². The third kappa shape index (κ3) is 4.00. The van der Waals surface area contributed by atoms with E-state index in [0.717, 1.165) is 12.8 Å². The number of nitrogens with one attached hydrogen (secondary N) is 1. The molecule has 3 atom stereocenters. The fourth-order valence-corrected chi connectivity index (χ4v) is 2.04. The third-order valence-corrected chi connectivity index (χ3v) is 3.04. The molecule has 0 spiro atoms. The van der Waals surface area contributed by atoms with Gasteiger partial charge in [-0.3, -0.25) is 4.79 Å². The van der Waals surface area contributed by atoms with Gasteiger partial charge in [0.05, 0.1) is 0 Å². The van der Waals surface area contributed by atoms with Crippen LogP contribution < -0.4 is 11.1 Å². The lowest BCUT2D eigenvalue weighted by atomic mass is 9.78. The van der Waals surface area contributed by atoms with Crippen LogP contribution in [0.25, 0.3) is 0 Å². The fraction of sp³-hybridized carbons (Fsp3) is 0.900. The molecule has 1 amide bonds. The SMILES string of the molecule is CC1CCC(N)CC1C(=O)NCC(F)(F)F. The van der Waals surface area contributed by atoms with E-state index in [-0.39, 0.29) is 17.9 Å².